The van der Waals surface area contributed by atoms with Crippen LogP contribution in [0.4, 0.5) is 5.69 Å². The number of hydrogen-bond donors (Lipinski definition) is 0. The standard InChI is InChI=1S/C11H15N/c1-9-5-3-6-11(10(9)2)12-7-4-8-12/h3,5-6H,4,7-8H2,1-2H3. The van der Waals surface area contributed by atoms with E-state index in [4.69, 9.17) is 0 Å². The lowest BCUT2D eigenvalue weighted by Crippen LogP contribution is -2.37. The highest BCUT2D eigenvalue weighted by molar-refractivity contribution is 5.57. The summed E-state index contributed by atoms with van der Waals surface area (Å²) < 4.78 is 0. The molecule has 1 aliphatic rings. The molecule has 1 aromatic rings. The van der Waals surface area contributed by atoms with Crippen LogP contribution in [0.15, 0.2) is 18.2 Å². The topological polar surface area (TPSA) is 3.24 Å². The van der Waals surface area contributed by atoms with Gasteiger partial charge in [-0.3, -0.25) is 0 Å². The van der Waals surface area contributed by atoms with Gasteiger partial charge in [0, 0.05) is 18.8 Å². The molecule has 0 radical (unpaired) electrons. The molecule has 1 fully saturated rings. The molecule has 0 aromatic heterocycles. The van der Waals surface area contributed by atoms with Gasteiger partial charge in [-0.05, 0) is 37.5 Å². The molecule has 1 heterocycles. The zero-order valence-electron chi connectivity index (χ0n) is 7.80. The summed E-state index contributed by atoms with van der Waals surface area (Å²) >= 11 is 0. The normalized spacial score (nSPS) is 16.0. The molecule has 64 valence electrons. The lowest BCUT2D eigenvalue weighted by molar-refractivity contribution is 0.616. The van der Waals surface area contributed by atoms with E-state index in [1.807, 2.05) is 0 Å². The molecule has 0 spiro atoms. The van der Waals surface area contributed by atoms with Crippen molar-refractivity contribution in [1.82, 2.24) is 0 Å². The maximum Gasteiger partial charge on any atom is 0.0398 e. The van der Waals surface area contributed by atoms with Gasteiger partial charge in [-0.15, -0.1) is 0 Å². The second kappa shape index (κ2) is 2.81. The molecule has 1 nitrogen and oxygen atoms in total. The summed E-state index contributed by atoms with van der Waals surface area (Å²) in [6.45, 7) is 6.87. The van der Waals surface area contributed by atoms with Crippen molar-refractivity contribution < 1.29 is 0 Å². The first-order valence-electron chi connectivity index (χ1n) is 4.60. The van der Waals surface area contributed by atoms with E-state index in [-0.39, 0.29) is 0 Å². The Morgan fingerprint density at radius 2 is 1.92 bits per heavy atom. The molecule has 0 bridgehead atoms. The van der Waals surface area contributed by atoms with Crippen LogP contribution in [-0.2, 0) is 0 Å². The van der Waals surface area contributed by atoms with Gasteiger partial charge in [-0.2, -0.15) is 0 Å². The number of benzene rings is 1. The summed E-state index contributed by atoms with van der Waals surface area (Å²) in [5, 5.41) is 0. The van der Waals surface area contributed by atoms with Crippen LogP contribution >= 0.6 is 0 Å². The molecule has 1 saturated heterocycles. The van der Waals surface area contributed by atoms with Gasteiger partial charge in [0.05, 0.1) is 0 Å². The molecular weight excluding hydrogens is 146 g/mol. The van der Waals surface area contributed by atoms with E-state index in [0.717, 1.165) is 0 Å². The number of hydrogen-bond acceptors (Lipinski definition) is 1. The van der Waals surface area contributed by atoms with Gasteiger partial charge >= 0.3 is 0 Å². The van der Waals surface area contributed by atoms with Crippen LogP contribution in [0.3, 0.4) is 0 Å². The van der Waals surface area contributed by atoms with Gasteiger partial charge < -0.3 is 4.90 Å². The fourth-order valence-corrected chi connectivity index (χ4v) is 1.64. The average Bonchev–Trinajstić information content (AvgIpc) is 1.95. The maximum absolute atomic E-state index is 2.45. The van der Waals surface area contributed by atoms with Gasteiger partial charge in [0.15, 0.2) is 0 Å². The molecule has 0 saturated carbocycles. The number of nitrogens with zero attached hydrogens (tertiary/aromatic N) is 1. The molecular formula is C11H15N. The Morgan fingerprint density at radius 3 is 2.50 bits per heavy atom. The van der Waals surface area contributed by atoms with Crippen LogP contribution in [0.1, 0.15) is 17.5 Å². The van der Waals surface area contributed by atoms with E-state index in [2.05, 4.69) is 36.9 Å². The van der Waals surface area contributed by atoms with E-state index in [1.54, 1.807) is 0 Å². The average molecular weight is 161 g/mol. The summed E-state index contributed by atoms with van der Waals surface area (Å²) in [5.74, 6) is 0. The van der Waals surface area contributed by atoms with Gasteiger partial charge in [-0.25, -0.2) is 0 Å². The number of aryl methyl sites for hydroxylation is 1. The number of anilines is 1. The van der Waals surface area contributed by atoms with Gasteiger partial charge in [0.25, 0.3) is 0 Å². The minimum absolute atomic E-state index is 1.24. The van der Waals surface area contributed by atoms with Crippen LogP contribution in [0, 0.1) is 13.8 Å². The molecule has 0 N–H and O–H groups in total. The molecule has 0 unspecified atom stereocenters. The quantitative estimate of drug-likeness (QED) is 0.611. The van der Waals surface area contributed by atoms with Crippen molar-refractivity contribution in [2.45, 2.75) is 20.3 Å². The smallest absolute Gasteiger partial charge is 0.0398 e. The van der Waals surface area contributed by atoms with Crippen LogP contribution in [0.2, 0.25) is 0 Å². The Labute approximate surface area is 74.0 Å². The van der Waals surface area contributed by atoms with Crippen molar-refractivity contribution in [3.63, 3.8) is 0 Å². The maximum atomic E-state index is 2.45. The zero-order valence-corrected chi connectivity index (χ0v) is 7.80. The molecule has 1 heteroatoms. The highest BCUT2D eigenvalue weighted by Crippen LogP contribution is 2.26. The second-order valence-corrected chi connectivity index (χ2v) is 3.56. The summed E-state index contributed by atoms with van der Waals surface area (Å²) in [4.78, 5) is 2.45. The highest BCUT2D eigenvalue weighted by atomic mass is 15.2. The second-order valence-electron chi connectivity index (χ2n) is 3.56. The molecule has 1 aromatic carbocycles. The Kier molecular flexibility index (Phi) is 1.80. The van der Waals surface area contributed by atoms with Crippen molar-refractivity contribution in [1.29, 1.82) is 0 Å². The first-order chi connectivity index (χ1) is 5.79. The van der Waals surface area contributed by atoms with Gasteiger partial charge in [-0.1, -0.05) is 12.1 Å². The molecule has 1 aliphatic heterocycles. The molecule has 12 heavy (non-hydrogen) atoms. The van der Waals surface area contributed by atoms with Crippen LogP contribution < -0.4 is 4.90 Å². The van der Waals surface area contributed by atoms with Crippen molar-refractivity contribution in [3.05, 3.63) is 29.3 Å². The highest BCUT2D eigenvalue weighted by Gasteiger charge is 2.16. The summed E-state index contributed by atoms with van der Waals surface area (Å²) in [6, 6.07) is 6.55. The van der Waals surface area contributed by atoms with E-state index in [9.17, 15) is 0 Å². The van der Waals surface area contributed by atoms with Gasteiger partial charge in [0.2, 0.25) is 0 Å². The summed E-state index contributed by atoms with van der Waals surface area (Å²) in [5.41, 5.74) is 4.28. The van der Waals surface area contributed by atoms with Crippen molar-refractivity contribution in [2.75, 3.05) is 18.0 Å². The number of rotatable bonds is 1. The van der Waals surface area contributed by atoms with E-state index >= 15 is 0 Å². The fraction of sp³-hybridized carbons (Fsp3) is 0.455. The fourth-order valence-electron chi connectivity index (χ4n) is 1.64. The SMILES string of the molecule is Cc1cccc(N2CCC2)c1C. The minimum atomic E-state index is 1.24. The predicted octanol–water partition coefficient (Wildman–Crippen LogP) is 2.51. The first kappa shape index (κ1) is 7.66. The van der Waals surface area contributed by atoms with Crippen LogP contribution in [-0.4, -0.2) is 13.1 Å². The molecule has 2 rings (SSSR count). The Balaban J connectivity index is 2.36. The minimum Gasteiger partial charge on any atom is -0.371 e. The Morgan fingerprint density at radius 1 is 1.17 bits per heavy atom. The molecule has 0 atom stereocenters. The monoisotopic (exact) mass is 161 g/mol. The van der Waals surface area contributed by atoms with Crippen molar-refractivity contribution in [2.24, 2.45) is 0 Å². The van der Waals surface area contributed by atoms with Crippen LogP contribution in [0.25, 0.3) is 0 Å². The molecule has 0 amide bonds. The van der Waals surface area contributed by atoms with Crippen molar-refractivity contribution in [3.8, 4) is 0 Å². The third-order valence-electron chi connectivity index (χ3n) is 2.77. The summed E-state index contributed by atoms with van der Waals surface area (Å²) in [6.07, 6.45) is 1.35. The zero-order chi connectivity index (χ0) is 8.55. The summed E-state index contributed by atoms with van der Waals surface area (Å²) in [7, 11) is 0. The Bertz CT molecular complexity index is 287. The van der Waals surface area contributed by atoms with Crippen LogP contribution in [0.5, 0.6) is 0 Å². The first-order valence-corrected chi connectivity index (χ1v) is 4.60. The van der Waals surface area contributed by atoms with E-state index in [1.165, 1.54) is 36.3 Å². The lowest BCUT2D eigenvalue weighted by atomic mass is 10.0. The van der Waals surface area contributed by atoms with E-state index in [0.29, 0.717) is 0 Å². The molecule has 0 aliphatic carbocycles. The largest absolute Gasteiger partial charge is 0.371 e. The van der Waals surface area contributed by atoms with E-state index < -0.39 is 0 Å². The van der Waals surface area contributed by atoms with Crippen molar-refractivity contribution >= 4 is 5.69 Å². The Hall–Kier alpha value is -0.980. The lowest BCUT2D eigenvalue weighted by Gasteiger charge is -2.34. The third-order valence-corrected chi connectivity index (χ3v) is 2.77. The van der Waals surface area contributed by atoms with Gasteiger partial charge in [0.1, 0.15) is 0 Å². The predicted molar refractivity (Wildman–Crippen MR) is 52.7 cm³/mol. The third kappa shape index (κ3) is 1.09.